The van der Waals surface area contributed by atoms with Crippen molar-refractivity contribution in [3.05, 3.63) is 41.7 Å². The van der Waals surface area contributed by atoms with Gasteiger partial charge in [-0.1, -0.05) is 12.6 Å². The molecule has 0 amide bonds. The first-order chi connectivity index (χ1) is 6.32. The Hall–Kier alpha value is -1.32. The zero-order chi connectivity index (χ0) is 10.9. The topological polar surface area (TPSA) is 0 Å². The van der Waals surface area contributed by atoms with Crippen LogP contribution in [0.1, 0.15) is 11.1 Å². The van der Waals surface area contributed by atoms with E-state index in [4.69, 9.17) is 0 Å². The van der Waals surface area contributed by atoms with E-state index in [1.54, 1.807) is 0 Å². The molecule has 0 bridgehead atoms. The van der Waals surface area contributed by atoms with Gasteiger partial charge in [-0.15, -0.1) is 0 Å². The van der Waals surface area contributed by atoms with Crippen molar-refractivity contribution >= 4 is 5.57 Å². The van der Waals surface area contributed by atoms with Gasteiger partial charge in [0.25, 0.3) is 0 Å². The average molecular weight is 204 g/mol. The van der Waals surface area contributed by atoms with Crippen LogP contribution in [0, 0.1) is 12.7 Å². The average Bonchev–Trinajstić information content (AvgIpc) is 2.07. The minimum atomic E-state index is -4.47. The van der Waals surface area contributed by atoms with Gasteiger partial charge in [0, 0.05) is 0 Å². The van der Waals surface area contributed by atoms with Crippen molar-refractivity contribution in [3.8, 4) is 0 Å². The van der Waals surface area contributed by atoms with Gasteiger partial charge in [-0.25, -0.2) is 4.39 Å². The van der Waals surface area contributed by atoms with Crippen molar-refractivity contribution in [1.82, 2.24) is 0 Å². The first kappa shape index (κ1) is 10.8. The van der Waals surface area contributed by atoms with Crippen molar-refractivity contribution in [2.45, 2.75) is 13.1 Å². The van der Waals surface area contributed by atoms with Gasteiger partial charge in [-0.05, 0) is 30.2 Å². The lowest BCUT2D eigenvalue weighted by atomic mass is 10.0. The lowest BCUT2D eigenvalue weighted by Gasteiger charge is -2.10. The fourth-order valence-electron chi connectivity index (χ4n) is 0.996. The molecule has 1 aromatic carbocycles. The summed E-state index contributed by atoms with van der Waals surface area (Å²) >= 11 is 0. The third kappa shape index (κ3) is 2.13. The van der Waals surface area contributed by atoms with Crippen LogP contribution in [0.15, 0.2) is 24.8 Å². The molecule has 4 heteroatoms. The monoisotopic (exact) mass is 204 g/mol. The van der Waals surface area contributed by atoms with E-state index >= 15 is 0 Å². The van der Waals surface area contributed by atoms with Crippen molar-refractivity contribution in [2.75, 3.05) is 0 Å². The number of benzene rings is 1. The number of hydrogen-bond acceptors (Lipinski definition) is 0. The van der Waals surface area contributed by atoms with Crippen LogP contribution in [0.4, 0.5) is 17.6 Å². The van der Waals surface area contributed by atoms with Crippen molar-refractivity contribution < 1.29 is 17.6 Å². The highest BCUT2D eigenvalue weighted by Crippen LogP contribution is 2.32. The molecule has 0 unspecified atom stereocenters. The molecular weight excluding hydrogens is 196 g/mol. The van der Waals surface area contributed by atoms with Crippen LogP contribution in [-0.4, -0.2) is 6.18 Å². The molecule has 1 rings (SSSR count). The molecule has 14 heavy (non-hydrogen) atoms. The fourth-order valence-corrected chi connectivity index (χ4v) is 0.996. The molecule has 76 valence electrons. The highest BCUT2D eigenvalue weighted by molar-refractivity contribution is 5.67. The molecule has 1 aromatic rings. The van der Waals surface area contributed by atoms with E-state index < -0.39 is 17.6 Å². The molecule has 0 saturated carbocycles. The van der Waals surface area contributed by atoms with Gasteiger partial charge in [0.15, 0.2) is 0 Å². The van der Waals surface area contributed by atoms with E-state index in [1.807, 2.05) is 0 Å². The highest BCUT2D eigenvalue weighted by atomic mass is 19.4. The predicted molar refractivity (Wildman–Crippen MR) is 46.2 cm³/mol. The third-order valence-electron chi connectivity index (χ3n) is 1.85. The van der Waals surface area contributed by atoms with Gasteiger partial charge in [-0.3, -0.25) is 0 Å². The predicted octanol–water partition coefficient (Wildman–Crippen LogP) is 3.71. The lowest BCUT2D eigenvalue weighted by Crippen LogP contribution is -2.09. The van der Waals surface area contributed by atoms with Crippen LogP contribution < -0.4 is 0 Å². The number of aryl methyl sites for hydroxylation is 1. The second-order valence-corrected chi connectivity index (χ2v) is 2.94. The summed E-state index contributed by atoms with van der Waals surface area (Å²) < 4.78 is 49.3. The summed E-state index contributed by atoms with van der Waals surface area (Å²) in [6.07, 6.45) is -4.47. The molecule has 0 radical (unpaired) electrons. The van der Waals surface area contributed by atoms with Crippen molar-refractivity contribution in [1.29, 1.82) is 0 Å². The molecule has 0 aliphatic carbocycles. The standard InChI is InChI=1S/C10H8F4/c1-6-5-8(3-4-9(6)11)7(2)10(12,13)14/h3-5H,2H2,1H3. The van der Waals surface area contributed by atoms with Crippen molar-refractivity contribution in [3.63, 3.8) is 0 Å². The Bertz CT molecular complexity index is 363. The minimum absolute atomic E-state index is 0.101. The van der Waals surface area contributed by atoms with Crippen LogP contribution in [0.5, 0.6) is 0 Å². The first-order valence-corrected chi connectivity index (χ1v) is 3.85. The molecule has 0 spiro atoms. The summed E-state index contributed by atoms with van der Waals surface area (Å²) in [7, 11) is 0. The van der Waals surface area contributed by atoms with Crippen LogP contribution in [0.2, 0.25) is 0 Å². The molecule has 0 saturated heterocycles. The van der Waals surface area contributed by atoms with Gasteiger partial charge in [0.1, 0.15) is 5.82 Å². The van der Waals surface area contributed by atoms with E-state index in [-0.39, 0.29) is 11.1 Å². The molecule has 0 heterocycles. The van der Waals surface area contributed by atoms with Gasteiger partial charge in [-0.2, -0.15) is 13.2 Å². The molecule has 0 aromatic heterocycles. The summed E-state index contributed by atoms with van der Waals surface area (Å²) in [5.74, 6) is -0.524. The van der Waals surface area contributed by atoms with Crippen LogP contribution in [0.25, 0.3) is 5.57 Å². The van der Waals surface area contributed by atoms with Crippen LogP contribution in [-0.2, 0) is 0 Å². The molecule has 0 aliphatic heterocycles. The van der Waals surface area contributed by atoms with Gasteiger partial charge in [0.05, 0.1) is 5.57 Å². The van der Waals surface area contributed by atoms with E-state index in [0.29, 0.717) is 0 Å². The van der Waals surface area contributed by atoms with E-state index in [0.717, 1.165) is 18.2 Å². The molecule has 0 fully saturated rings. The maximum atomic E-state index is 12.7. The minimum Gasteiger partial charge on any atom is -0.207 e. The molecule has 0 N–H and O–H groups in total. The fraction of sp³-hybridized carbons (Fsp3) is 0.200. The number of rotatable bonds is 1. The largest absolute Gasteiger partial charge is 0.416 e. The number of allylic oxidation sites excluding steroid dienone is 1. The second-order valence-electron chi connectivity index (χ2n) is 2.94. The van der Waals surface area contributed by atoms with Gasteiger partial charge in [0.2, 0.25) is 0 Å². The summed E-state index contributed by atoms with van der Waals surface area (Å²) in [6, 6.07) is 3.20. The molecule has 0 aliphatic rings. The zero-order valence-corrected chi connectivity index (χ0v) is 7.45. The Morgan fingerprint density at radius 2 is 1.86 bits per heavy atom. The van der Waals surface area contributed by atoms with E-state index in [1.165, 1.54) is 6.92 Å². The maximum Gasteiger partial charge on any atom is 0.416 e. The number of hydrogen-bond donors (Lipinski definition) is 0. The Morgan fingerprint density at radius 3 is 2.29 bits per heavy atom. The Morgan fingerprint density at radius 1 is 1.29 bits per heavy atom. The highest BCUT2D eigenvalue weighted by Gasteiger charge is 2.32. The SMILES string of the molecule is C=C(c1ccc(F)c(C)c1)C(F)(F)F. The van der Waals surface area contributed by atoms with E-state index in [2.05, 4.69) is 6.58 Å². The van der Waals surface area contributed by atoms with Crippen LogP contribution in [0.3, 0.4) is 0 Å². The quantitative estimate of drug-likeness (QED) is 0.611. The van der Waals surface area contributed by atoms with Gasteiger partial charge >= 0.3 is 6.18 Å². The summed E-state index contributed by atoms with van der Waals surface area (Å²) in [5.41, 5.74) is -0.884. The van der Waals surface area contributed by atoms with E-state index in [9.17, 15) is 17.6 Å². The summed E-state index contributed by atoms with van der Waals surface area (Å²) in [4.78, 5) is 0. The second kappa shape index (κ2) is 3.44. The molecule has 0 atom stereocenters. The maximum absolute atomic E-state index is 12.7. The van der Waals surface area contributed by atoms with Crippen LogP contribution >= 0.6 is 0 Å². The van der Waals surface area contributed by atoms with Gasteiger partial charge < -0.3 is 0 Å². The Balaban J connectivity index is 3.10. The molecule has 0 nitrogen and oxygen atoms in total. The lowest BCUT2D eigenvalue weighted by molar-refractivity contribution is -0.0686. The summed E-state index contributed by atoms with van der Waals surface area (Å²) in [6.45, 7) is 4.32. The Kier molecular flexibility index (Phi) is 2.64. The first-order valence-electron chi connectivity index (χ1n) is 3.85. The number of halogens is 4. The Labute approximate surface area is 78.9 Å². The smallest absolute Gasteiger partial charge is 0.207 e. The normalized spacial score (nSPS) is 11.5. The zero-order valence-electron chi connectivity index (χ0n) is 7.45. The summed E-state index contributed by atoms with van der Waals surface area (Å²) in [5, 5.41) is 0. The third-order valence-corrected chi connectivity index (χ3v) is 1.85. The van der Waals surface area contributed by atoms with Crippen molar-refractivity contribution in [2.24, 2.45) is 0 Å². The molecular formula is C10H8F4. The number of alkyl halides is 3.